The topological polar surface area (TPSA) is 15.3 Å². The fourth-order valence-corrected chi connectivity index (χ4v) is 3.90. The lowest BCUT2D eigenvalue weighted by Gasteiger charge is -2.26. The molecule has 1 aromatic carbocycles. The zero-order valence-corrected chi connectivity index (χ0v) is 12.4. The largest absolute Gasteiger partial charge is 0.371 e. The Morgan fingerprint density at radius 1 is 1.10 bits per heavy atom. The standard InChI is InChI=1S/C18H26N2/c1-2-6-17-15(4-1)5-3-7-18(17)20-11-10-14(13-20)12-19-16-8-9-16/h3,5,7,14,16,19H,1-2,4,6,8-13H2. The number of fused-ring (bicyclic) bond motifs is 1. The SMILES string of the molecule is c1cc2c(c(N3CCC(CNC4CC4)C3)c1)CCCC2. The molecule has 2 heteroatoms. The van der Waals surface area contributed by atoms with Crippen molar-refractivity contribution in [2.45, 2.75) is 51.0 Å². The average molecular weight is 270 g/mol. The van der Waals surface area contributed by atoms with Crippen molar-refractivity contribution < 1.29 is 0 Å². The normalized spacial score (nSPS) is 25.8. The van der Waals surface area contributed by atoms with E-state index in [9.17, 15) is 0 Å². The van der Waals surface area contributed by atoms with E-state index in [0.717, 1.165) is 12.0 Å². The van der Waals surface area contributed by atoms with Crippen LogP contribution in [0.4, 0.5) is 5.69 Å². The van der Waals surface area contributed by atoms with Crippen molar-refractivity contribution in [1.82, 2.24) is 5.32 Å². The third-order valence-corrected chi connectivity index (χ3v) is 5.27. The fraction of sp³-hybridized carbons (Fsp3) is 0.667. The molecule has 20 heavy (non-hydrogen) atoms. The highest BCUT2D eigenvalue weighted by atomic mass is 15.2. The summed E-state index contributed by atoms with van der Waals surface area (Å²) in [5.74, 6) is 0.857. The van der Waals surface area contributed by atoms with Gasteiger partial charge < -0.3 is 10.2 Å². The molecule has 1 N–H and O–H groups in total. The molecule has 2 aliphatic carbocycles. The molecule has 3 aliphatic rings. The van der Waals surface area contributed by atoms with Gasteiger partial charge in [0.2, 0.25) is 0 Å². The summed E-state index contributed by atoms with van der Waals surface area (Å²) in [4.78, 5) is 2.66. The van der Waals surface area contributed by atoms with Crippen molar-refractivity contribution in [2.24, 2.45) is 5.92 Å². The van der Waals surface area contributed by atoms with Crippen LogP contribution in [0.1, 0.15) is 43.2 Å². The van der Waals surface area contributed by atoms with Crippen molar-refractivity contribution in [2.75, 3.05) is 24.5 Å². The van der Waals surface area contributed by atoms with Gasteiger partial charge in [0.15, 0.2) is 0 Å². The van der Waals surface area contributed by atoms with Gasteiger partial charge in [0, 0.05) is 24.8 Å². The van der Waals surface area contributed by atoms with E-state index in [1.165, 1.54) is 64.6 Å². The monoisotopic (exact) mass is 270 g/mol. The number of hydrogen-bond acceptors (Lipinski definition) is 2. The van der Waals surface area contributed by atoms with Crippen LogP contribution in [0.3, 0.4) is 0 Å². The summed E-state index contributed by atoms with van der Waals surface area (Å²) >= 11 is 0. The molecular formula is C18H26N2. The minimum Gasteiger partial charge on any atom is -0.371 e. The van der Waals surface area contributed by atoms with E-state index in [2.05, 4.69) is 28.4 Å². The maximum Gasteiger partial charge on any atom is 0.0401 e. The first-order valence-corrected chi connectivity index (χ1v) is 8.49. The lowest BCUT2D eigenvalue weighted by molar-refractivity contribution is 0.515. The summed E-state index contributed by atoms with van der Waals surface area (Å²) < 4.78 is 0. The highest BCUT2D eigenvalue weighted by Gasteiger charge is 2.27. The number of hydrogen-bond donors (Lipinski definition) is 1. The van der Waals surface area contributed by atoms with Crippen LogP contribution in [0.25, 0.3) is 0 Å². The molecule has 0 amide bonds. The maximum atomic E-state index is 3.71. The molecule has 0 spiro atoms. The van der Waals surface area contributed by atoms with Gasteiger partial charge in [-0.3, -0.25) is 0 Å². The Balaban J connectivity index is 1.45. The van der Waals surface area contributed by atoms with Gasteiger partial charge in [0.25, 0.3) is 0 Å². The van der Waals surface area contributed by atoms with Gasteiger partial charge in [-0.2, -0.15) is 0 Å². The van der Waals surface area contributed by atoms with E-state index in [0.29, 0.717) is 0 Å². The van der Waals surface area contributed by atoms with E-state index in [-0.39, 0.29) is 0 Å². The Morgan fingerprint density at radius 3 is 2.90 bits per heavy atom. The van der Waals surface area contributed by atoms with Gasteiger partial charge >= 0.3 is 0 Å². The van der Waals surface area contributed by atoms with Crippen molar-refractivity contribution in [3.05, 3.63) is 29.3 Å². The molecule has 1 unspecified atom stereocenters. The van der Waals surface area contributed by atoms with Crippen LogP contribution < -0.4 is 10.2 Å². The summed E-state index contributed by atoms with van der Waals surface area (Å²) in [5.41, 5.74) is 4.83. The molecule has 108 valence electrons. The van der Waals surface area contributed by atoms with E-state index in [1.54, 1.807) is 16.8 Å². The molecule has 0 radical (unpaired) electrons. The fourth-order valence-electron chi connectivity index (χ4n) is 3.90. The van der Waals surface area contributed by atoms with Gasteiger partial charge in [-0.05, 0) is 74.6 Å². The molecule has 1 heterocycles. The quantitative estimate of drug-likeness (QED) is 0.904. The van der Waals surface area contributed by atoms with Crippen molar-refractivity contribution in [3.63, 3.8) is 0 Å². The minimum atomic E-state index is 0.855. The van der Waals surface area contributed by atoms with Crippen LogP contribution in [-0.4, -0.2) is 25.7 Å². The van der Waals surface area contributed by atoms with Crippen molar-refractivity contribution in [3.8, 4) is 0 Å². The first kappa shape index (κ1) is 12.7. The van der Waals surface area contributed by atoms with Gasteiger partial charge in [0.1, 0.15) is 0 Å². The summed E-state index contributed by atoms with van der Waals surface area (Å²) in [6.07, 6.45) is 9.53. The Bertz CT molecular complexity index is 478. The van der Waals surface area contributed by atoms with Crippen molar-refractivity contribution in [1.29, 1.82) is 0 Å². The summed E-state index contributed by atoms with van der Waals surface area (Å²) in [6, 6.07) is 7.84. The highest BCUT2D eigenvalue weighted by Crippen LogP contribution is 2.33. The zero-order valence-electron chi connectivity index (χ0n) is 12.4. The third kappa shape index (κ3) is 2.58. The molecule has 1 aromatic rings. The van der Waals surface area contributed by atoms with E-state index in [4.69, 9.17) is 0 Å². The van der Waals surface area contributed by atoms with Gasteiger partial charge in [-0.1, -0.05) is 12.1 Å². The number of benzene rings is 1. The second-order valence-electron chi connectivity index (χ2n) is 6.91. The molecule has 1 saturated carbocycles. The number of nitrogens with zero attached hydrogens (tertiary/aromatic N) is 1. The minimum absolute atomic E-state index is 0.855. The lowest BCUT2D eigenvalue weighted by Crippen LogP contribution is -2.28. The van der Waals surface area contributed by atoms with Crippen LogP contribution >= 0.6 is 0 Å². The Labute approximate surface area is 122 Å². The Hall–Kier alpha value is -1.02. The first-order valence-electron chi connectivity index (χ1n) is 8.49. The first-order chi connectivity index (χ1) is 9.90. The number of nitrogens with one attached hydrogen (secondary N) is 1. The highest BCUT2D eigenvalue weighted by molar-refractivity contribution is 5.58. The summed E-state index contributed by atoms with van der Waals surface area (Å²) in [6.45, 7) is 3.75. The maximum absolute atomic E-state index is 3.71. The molecule has 0 bridgehead atoms. The summed E-state index contributed by atoms with van der Waals surface area (Å²) in [7, 11) is 0. The van der Waals surface area contributed by atoms with Crippen LogP contribution in [0.15, 0.2) is 18.2 Å². The third-order valence-electron chi connectivity index (χ3n) is 5.27. The summed E-state index contributed by atoms with van der Waals surface area (Å²) in [5, 5.41) is 3.71. The molecule has 4 rings (SSSR count). The second-order valence-corrected chi connectivity index (χ2v) is 6.91. The van der Waals surface area contributed by atoms with Crippen LogP contribution in [-0.2, 0) is 12.8 Å². The van der Waals surface area contributed by atoms with Crippen LogP contribution in [0.2, 0.25) is 0 Å². The van der Waals surface area contributed by atoms with Crippen LogP contribution in [0, 0.1) is 5.92 Å². The lowest BCUT2D eigenvalue weighted by atomic mass is 9.90. The van der Waals surface area contributed by atoms with Crippen molar-refractivity contribution >= 4 is 5.69 Å². The smallest absolute Gasteiger partial charge is 0.0401 e. The Kier molecular flexibility index (Phi) is 3.43. The van der Waals surface area contributed by atoms with Gasteiger partial charge in [0.05, 0.1) is 0 Å². The molecule has 1 saturated heterocycles. The predicted octanol–water partition coefficient (Wildman–Crippen LogP) is 3.14. The predicted molar refractivity (Wildman–Crippen MR) is 84.4 cm³/mol. The molecule has 1 atom stereocenters. The number of aryl methyl sites for hydroxylation is 1. The van der Waals surface area contributed by atoms with E-state index in [1.807, 2.05) is 0 Å². The van der Waals surface area contributed by atoms with E-state index >= 15 is 0 Å². The molecule has 2 fully saturated rings. The van der Waals surface area contributed by atoms with Crippen LogP contribution in [0.5, 0.6) is 0 Å². The number of anilines is 1. The molecular weight excluding hydrogens is 244 g/mol. The molecule has 0 aromatic heterocycles. The molecule has 1 aliphatic heterocycles. The van der Waals surface area contributed by atoms with E-state index < -0.39 is 0 Å². The Morgan fingerprint density at radius 2 is 2.00 bits per heavy atom. The van der Waals surface area contributed by atoms with Gasteiger partial charge in [-0.25, -0.2) is 0 Å². The zero-order chi connectivity index (χ0) is 13.4. The van der Waals surface area contributed by atoms with Gasteiger partial charge in [-0.15, -0.1) is 0 Å². The molecule has 2 nitrogen and oxygen atoms in total. The average Bonchev–Trinajstić information content (AvgIpc) is 3.21. The second kappa shape index (κ2) is 5.40. The number of rotatable bonds is 4.